The highest BCUT2D eigenvalue weighted by Gasteiger charge is 2.14. The molecule has 0 fully saturated rings. The van der Waals surface area contributed by atoms with Gasteiger partial charge in [-0.1, -0.05) is 36.4 Å². The summed E-state index contributed by atoms with van der Waals surface area (Å²) in [5.41, 5.74) is 2.79. The summed E-state index contributed by atoms with van der Waals surface area (Å²) in [6.45, 7) is 0.681. The normalized spacial score (nSPS) is 10.9. The molecule has 0 aliphatic heterocycles. The van der Waals surface area contributed by atoms with Gasteiger partial charge in [-0.15, -0.1) is 0 Å². The topological polar surface area (TPSA) is 80.6 Å². The SMILES string of the molecule is COc1cc(COc2c(Br)cc(/C=C(\C#N)C(=O)Nc3ccc(F)cc3)cc2Br)ccc1OCc1ccccc1. The fourth-order valence-corrected chi connectivity index (χ4v) is 5.11. The van der Waals surface area contributed by atoms with Gasteiger partial charge in [0.25, 0.3) is 5.91 Å². The third-order valence-electron chi connectivity index (χ3n) is 5.65. The number of hydrogen-bond donors (Lipinski definition) is 1. The van der Waals surface area contributed by atoms with Crippen LogP contribution >= 0.6 is 31.9 Å². The molecule has 0 aliphatic rings. The van der Waals surface area contributed by atoms with Gasteiger partial charge in [-0.3, -0.25) is 4.79 Å². The number of anilines is 1. The fraction of sp³-hybridized carbons (Fsp3) is 0.0968. The van der Waals surface area contributed by atoms with Gasteiger partial charge in [0.05, 0.1) is 16.1 Å². The van der Waals surface area contributed by atoms with E-state index < -0.39 is 11.7 Å². The monoisotopic (exact) mass is 664 g/mol. The van der Waals surface area contributed by atoms with E-state index in [1.807, 2.05) is 54.6 Å². The first-order valence-corrected chi connectivity index (χ1v) is 13.6. The standard InChI is InChI=1S/C31H23Br2FN2O4/c1-38-29-16-21(7-12-28(29)39-18-20-5-3-2-4-6-20)19-40-30-26(32)14-22(15-27(30)33)13-23(17-35)31(37)36-25-10-8-24(34)9-11-25/h2-16H,18-19H2,1H3,(H,36,37)/b23-13+. The van der Waals surface area contributed by atoms with Crippen molar-refractivity contribution in [1.29, 1.82) is 5.26 Å². The van der Waals surface area contributed by atoms with Gasteiger partial charge in [0, 0.05) is 5.69 Å². The van der Waals surface area contributed by atoms with Gasteiger partial charge in [-0.2, -0.15) is 5.26 Å². The van der Waals surface area contributed by atoms with Crippen LogP contribution in [0.15, 0.2) is 99.4 Å². The van der Waals surface area contributed by atoms with Gasteiger partial charge in [-0.25, -0.2) is 4.39 Å². The quantitative estimate of drug-likeness (QED) is 0.137. The van der Waals surface area contributed by atoms with E-state index in [2.05, 4.69) is 37.2 Å². The minimum absolute atomic E-state index is 0.113. The summed E-state index contributed by atoms with van der Waals surface area (Å²) in [6, 6.07) is 26.2. The van der Waals surface area contributed by atoms with Crippen LogP contribution in [0.1, 0.15) is 16.7 Å². The van der Waals surface area contributed by atoms with Crippen molar-refractivity contribution in [3.8, 4) is 23.3 Å². The average molecular weight is 666 g/mol. The van der Waals surface area contributed by atoms with E-state index in [0.717, 1.165) is 11.1 Å². The zero-order chi connectivity index (χ0) is 28.5. The summed E-state index contributed by atoms with van der Waals surface area (Å²) in [7, 11) is 1.59. The molecule has 0 unspecified atom stereocenters. The number of nitrogens with one attached hydrogen (secondary N) is 1. The molecule has 0 bridgehead atoms. The Morgan fingerprint density at radius 3 is 2.23 bits per heavy atom. The summed E-state index contributed by atoms with van der Waals surface area (Å²) < 4.78 is 31.9. The van der Waals surface area contributed by atoms with Crippen LogP contribution in [0, 0.1) is 17.1 Å². The van der Waals surface area contributed by atoms with E-state index in [1.165, 1.54) is 30.3 Å². The van der Waals surface area contributed by atoms with Gasteiger partial charge < -0.3 is 19.5 Å². The highest BCUT2D eigenvalue weighted by molar-refractivity contribution is 9.11. The Bertz CT molecular complexity index is 1550. The number of carbonyl (C=O) groups excluding carboxylic acids is 1. The maximum absolute atomic E-state index is 13.1. The van der Waals surface area contributed by atoms with E-state index >= 15 is 0 Å². The van der Waals surface area contributed by atoms with Crippen molar-refractivity contribution < 1.29 is 23.4 Å². The molecule has 6 nitrogen and oxygen atoms in total. The summed E-state index contributed by atoms with van der Waals surface area (Å²) in [5, 5.41) is 12.1. The lowest BCUT2D eigenvalue weighted by Crippen LogP contribution is -2.13. The van der Waals surface area contributed by atoms with Crippen LogP contribution in [-0.4, -0.2) is 13.0 Å². The Balaban J connectivity index is 1.43. The average Bonchev–Trinajstić information content (AvgIpc) is 2.96. The molecule has 0 heterocycles. The van der Waals surface area contributed by atoms with E-state index in [-0.39, 0.29) is 12.2 Å². The molecule has 0 spiro atoms. The van der Waals surface area contributed by atoms with Crippen LogP contribution in [0.2, 0.25) is 0 Å². The molecule has 202 valence electrons. The maximum Gasteiger partial charge on any atom is 0.266 e. The number of ether oxygens (including phenoxy) is 3. The fourth-order valence-electron chi connectivity index (χ4n) is 3.66. The lowest BCUT2D eigenvalue weighted by atomic mass is 10.1. The largest absolute Gasteiger partial charge is 0.493 e. The molecule has 9 heteroatoms. The van der Waals surface area contributed by atoms with E-state index in [4.69, 9.17) is 14.2 Å². The molecule has 1 amide bonds. The van der Waals surface area contributed by atoms with Crippen molar-refractivity contribution in [2.24, 2.45) is 0 Å². The van der Waals surface area contributed by atoms with Gasteiger partial charge in [0.15, 0.2) is 11.5 Å². The molecular weight excluding hydrogens is 643 g/mol. The zero-order valence-corrected chi connectivity index (χ0v) is 24.5. The summed E-state index contributed by atoms with van der Waals surface area (Å²) >= 11 is 7.03. The van der Waals surface area contributed by atoms with Crippen LogP contribution < -0.4 is 19.5 Å². The Kier molecular flexibility index (Phi) is 9.95. The Morgan fingerprint density at radius 1 is 0.900 bits per heavy atom. The van der Waals surface area contributed by atoms with Crippen LogP contribution in [0.3, 0.4) is 0 Å². The highest BCUT2D eigenvalue weighted by Crippen LogP contribution is 2.37. The minimum Gasteiger partial charge on any atom is -0.493 e. The second-order valence-corrected chi connectivity index (χ2v) is 10.2. The molecule has 0 aliphatic carbocycles. The number of nitriles is 1. The van der Waals surface area contributed by atoms with Crippen molar-refractivity contribution in [1.82, 2.24) is 0 Å². The van der Waals surface area contributed by atoms with Gasteiger partial charge >= 0.3 is 0 Å². The minimum atomic E-state index is -0.605. The Hall–Kier alpha value is -4.13. The number of rotatable bonds is 10. The third kappa shape index (κ3) is 7.72. The molecule has 0 radical (unpaired) electrons. The van der Waals surface area contributed by atoms with Crippen LogP contribution in [0.25, 0.3) is 6.08 Å². The number of halogens is 3. The van der Waals surface area contributed by atoms with Gasteiger partial charge in [0.2, 0.25) is 0 Å². The number of amides is 1. The van der Waals surface area contributed by atoms with Gasteiger partial charge in [0.1, 0.15) is 36.4 Å². The van der Waals surface area contributed by atoms with Crippen molar-refractivity contribution in [3.63, 3.8) is 0 Å². The molecule has 0 saturated heterocycles. The first-order chi connectivity index (χ1) is 19.4. The lowest BCUT2D eigenvalue weighted by molar-refractivity contribution is -0.112. The summed E-state index contributed by atoms with van der Waals surface area (Å²) in [4.78, 5) is 12.6. The first kappa shape index (κ1) is 28.9. The summed E-state index contributed by atoms with van der Waals surface area (Å²) in [5.74, 6) is 0.751. The molecule has 0 saturated carbocycles. The molecule has 4 rings (SSSR count). The third-order valence-corrected chi connectivity index (χ3v) is 6.83. The molecular formula is C31H23Br2FN2O4. The van der Waals surface area contributed by atoms with Crippen molar-refractivity contribution in [2.75, 3.05) is 12.4 Å². The van der Waals surface area contributed by atoms with Crippen LogP contribution in [0.4, 0.5) is 10.1 Å². The van der Waals surface area contributed by atoms with Crippen molar-refractivity contribution >= 4 is 49.5 Å². The lowest BCUT2D eigenvalue weighted by Gasteiger charge is -2.14. The molecule has 40 heavy (non-hydrogen) atoms. The summed E-state index contributed by atoms with van der Waals surface area (Å²) in [6.07, 6.45) is 1.46. The second-order valence-electron chi connectivity index (χ2n) is 8.49. The Morgan fingerprint density at radius 2 is 1.57 bits per heavy atom. The smallest absolute Gasteiger partial charge is 0.266 e. The second kappa shape index (κ2) is 13.8. The number of hydrogen-bond acceptors (Lipinski definition) is 5. The number of carbonyl (C=O) groups is 1. The predicted molar refractivity (Wildman–Crippen MR) is 159 cm³/mol. The first-order valence-electron chi connectivity index (χ1n) is 12.0. The Labute approximate surface area is 248 Å². The molecule has 0 atom stereocenters. The molecule has 0 aromatic heterocycles. The van der Waals surface area contributed by atoms with E-state index in [9.17, 15) is 14.4 Å². The van der Waals surface area contributed by atoms with E-state index in [1.54, 1.807) is 19.2 Å². The van der Waals surface area contributed by atoms with Crippen LogP contribution in [-0.2, 0) is 18.0 Å². The predicted octanol–water partition coefficient (Wildman–Crippen LogP) is 8.06. The number of methoxy groups -OCH3 is 1. The van der Waals surface area contributed by atoms with Crippen LogP contribution in [0.5, 0.6) is 17.2 Å². The molecule has 4 aromatic rings. The van der Waals surface area contributed by atoms with Crippen molar-refractivity contribution in [3.05, 3.63) is 122 Å². The zero-order valence-electron chi connectivity index (χ0n) is 21.3. The van der Waals surface area contributed by atoms with Crippen molar-refractivity contribution in [2.45, 2.75) is 13.2 Å². The highest BCUT2D eigenvalue weighted by atomic mass is 79.9. The maximum atomic E-state index is 13.1. The molecule has 1 N–H and O–H groups in total. The number of nitrogens with zero attached hydrogens (tertiary/aromatic N) is 1. The molecule has 4 aromatic carbocycles. The van der Waals surface area contributed by atoms with Gasteiger partial charge in [-0.05, 0) is 103 Å². The number of benzene rings is 4. The van der Waals surface area contributed by atoms with E-state index in [0.29, 0.717) is 44.1 Å².